The van der Waals surface area contributed by atoms with Gasteiger partial charge in [-0.25, -0.2) is 0 Å². The number of carbonyl (C=O) groups is 1. The molecule has 1 aliphatic heterocycles. The van der Waals surface area contributed by atoms with E-state index in [4.69, 9.17) is 9.47 Å². The van der Waals surface area contributed by atoms with Gasteiger partial charge in [0.1, 0.15) is 19.0 Å². The largest absolute Gasteiger partial charge is 0.489 e. The summed E-state index contributed by atoms with van der Waals surface area (Å²) in [6, 6.07) is 23.7. The summed E-state index contributed by atoms with van der Waals surface area (Å²) in [5.74, 6) is 0.894. The number of rotatable bonds is 10. The van der Waals surface area contributed by atoms with Crippen molar-refractivity contribution in [3.63, 3.8) is 0 Å². The standard InChI is InChI=1S/C32H38N4O5/c1-24-21-27(9-16-31(24)36(38)39)33-26-7-12-29(13-8-26)41-23-32(37)35-19-17-34(18-20-35)28-10-14-30(15-11-28)40-22-25-5-3-2-4-6-25/h2-6,9-11,14-16,21,26,29,33H,7-8,12-13,17-20,22-23H2,1H3. The number of hydrogen-bond acceptors (Lipinski definition) is 7. The van der Waals surface area contributed by atoms with Gasteiger partial charge in [0.05, 0.1) is 11.0 Å². The number of ether oxygens (including phenoxy) is 2. The third-order valence-corrected chi connectivity index (χ3v) is 7.96. The van der Waals surface area contributed by atoms with E-state index in [2.05, 4.69) is 34.5 Å². The van der Waals surface area contributed by atoms with E-state index in [-0.39, 0.29) is 29.2 Å². The van der Waals surface area contributed by atoms with Crippen LogP contribution >= 0.6 is 0 Å². The molecule has 0 radical (unpaired) electrons. The Kier molecular flexibility index (Phi) is 9.36. The highest BCUT2D eigenvalue weighted by Crippen LogP contribution is 2.27. The fraction of sp³-hybridized carbons (Fsp3) is 0.406. The average molecular weight is 559 g/mol. The molecule has 1 aliphatic carbocycles. The van der Waals surface area contributed by atoms with Gasteiger partial charge >= 0.3 is 0 Å². The van der Waals surface area contributed by atoms with Crippen molar-refractivity contribution >= 4 is 23.0 Å². The molecule has 2 aliphatic rings. The lowest BCUT2D eigenvalue weighted by molar-refractivity contribution is -0.385. The fourth-order valence-electron chi connectivity index (χ4n) is 5.55. The van der Waals surface area contributed by atoms with Crippen LogP contribution in [0.1, 0.15) is 36.8 Å². The number of piperazine rings is 1. The zero-order valence-electron chi connectivity index (χ0n) is 23.5. The van der Waals surface area contributed by atoms with Gasteiger partial charge < -0.3 is 24.6 Å². The summed E-state index contributed by atoms with van der Waals surface area (Å²) in [6.07, 6.45) is 3.72. The summed E-state index contributed by atoms with van der Waals surface area (Å²) in [5, 5.41) is 14.5. The van der Waals surface area contributed by atoms with Crippen LogP contribution in [-0.4, -0.2) is 60.7 Å². The monoisotopic (exact) mass is 558 g/mol. The number of amides is 1. The lowest BCUT2D eigenvalue weighted by atomic mass is 9.92. The first-order valence-electron chi connectivity index (χ1n) is 14.4. The Bertz CT molecular complexity index is 1300. The van der Waals surface area contributed by atoms with Gasteiger partial charge in [-0.1, -0.05) is 30.3 Å². The number of carbonyl (C=O) groups excluding carboxylic acids is 1. The minimum Gasteiger partial charge on any atom is -0.489 e. The second-order valence-corrected chi connectivity index (χ2v) is 10.8. The molecule has 1 amide bonds. The average Bonchev–Trinajstić information content (AvgIpc) is 3.00. The van der Waals surface area contributed by atoms with Gasteiger partial charge in [0.25, 0.3) is 5.69 Å². The molecule has 9 nitrogen and oxygen atoms in total. The van der Waals surface area contributed by atoms with E-state index < -0.39 is 0 Å². The highest BCUT2D eigenvalue weighted by atomic mass is 16.6. The van der Waals surface area contributed by atoms with Crippen LogP contribution < -0.4 is 15.0 Å². The molecule has 1 heterocycles. The molecule has 41 heavy (non-hydrogen) atoms. The third-order valence-electron chi connectivity index (χ3n) is 7.96. The molecule has 0 aromatic heterocycles. The number of nitrogens with one attached hydrogen (secondary N) is 1. The van der Waals surface area contributed by atoms with E-state index in [1.165, 1.54) is 0 Å². The lowest BCUT2D eigenvalue weighted by Gasteiger charge is -2.36. The molecule has 216 valence electrons. The van der Waals surface area contributed by atoms with Crippen molar-refractivity contribution in [1.29, 1.82) is 0 Å². The van der Waals surface area contributed by atoms with Crippen molar-refractivity contribution in [2.45, 2.75) is 51.4 Å². The highest BCUT2D eigenvalue weighted by molar-refractivity contribution is 5.77. The van der Waals surface area contributed by atoms with Gasteiger partial charge in [-0.05, 0) is 74.6 Å². The maximum atomic E-state index is 12.8. The molecule has 0 bridgehead atoms. The topological polar surface area (TPSA) is 97.2 Å². The summed E-state index contributed by atoms with van der Waals surface area (Å²) >= 11 is 0. The summed E-state index contributed by atoms with van der Waals surface area (Å²) in [5.41, 5.74) is 3.96. The normalized spacial score (nSPS) is 19.0. The minimum absolute atomic E-state index is 0.0518. The summed E-state index contributed by atoms with van der Waals surface area (Å²) in [7, 11) is 0. The molecule has 0 spiro atoms. The zero-order valence-corrected chi connectivity index (χ0v) is 23.5. The van der Waals surface area contributed by atoms with Crippen molar-refractivity contribution in [3.8, 4) is 5.75 Å². The van der Waals surface area contributed by atoms with Crippen LogP contribution in [0.2, 0.25) is 0 Å². The Balaban J connectivity index is 0.990. The van der Waals surface area contributed by atoms with Gasteiger partial charge in [-0.15, -0.1) is 0 Å². The molecule has 3 aromatic rings. The first-order chi connectivity index (χ1) is 19.9. The Hall–Kier alpha value is -4.11. The van der Waals surface area contributed by atoms with E-state index in [0.29, 0.717) is 31.3 Å². The summed E-state index contributed by atoms with van der Waals surface area (Å²) in [4.78, 5) is 27.7. The number of nitro groups is 1. The van der Waals surface area contributed by atoms with Crippen LogP contribution in [0.15, 0.2) is 72.8 Å². The maximum Gasteiger partial charge on any atom is 0.272 e. The molecule has 1 N–H and O–H groups in total. The number of aryl methyl sites for hydroxylation is 1. The number of nitro benzene ring substituents is 1. The Morgan fingerprint density at radius 3 is 2.32 bits per heavy atom. The van der Waals surface area contributed by atoms with Crippen molar-refractivity contribution in [3.05, 3.63) is 94.0 Å². The number of nitrogens with zero attached hydrogens (tertiary/aromatic N) is 3. The second kappa shape index (κ2) is 13.5. The van der Waals surface area contributed by atoms with Gasteiger partial charge in [-0.3, -0.25) is 14.9 Å². The second-order valence-electron chi connectivity index (χ2n) is 10.8. The smallest absolute Gasteiger partial charge is 0.272 e. The predicted octanol–water partition coefficient (Wildman–Crippen LogP) is 5.57. The Labute approximate surface area is 241 Å². The number of anilines is 2. The van der Waals surface area contributed by atoms with E-state index in [1.54, 1.807) is 19.1 Å². The SMILES string of the molecule is Cc1cc(NC2CCC(OCC(=O)N3CCN(c4ccc(OCc5ccccc5)cc4)CC3)CC2)ccc1[N+](=O)[O-]. The molecule has 0 unspecified atom stereocenters. The highest BCUT2D eigenvalue weighted by Gasteiger charge is 2.25. The van der Waals surface area contributed by atoms with Gasteiger partial charge in [0.15, 0.2) is 0 Å². The van der Waals surface area contributed by atoms with E-state index >= 15 is 0 Å². The molecule has 3 aromatic carbocycles. The van der Waals surface area contributed by atoms with Crippen LogP contribution in [0.4, 0.5) is 17.1 Å². The first kappa shape index (κ1) is 28.4. The van der Waals surface area contributed by atoms with E-state index in [0.717, 1.165) is 61.5 Å². The van der Waals surface area contributed by atoms with Crippen LogP contribution in [0.25, 0.3) is 0 Å². The zero-order chi connectivity index (χ0) is 28.6. The quantitative estimate of drug-likeness (QED) is 0.257. The maximum absolute atomic E-state index is 12.8. The van der Waals surface area contributed by atoms with Gasteiger partial charge in [0.2, 0.25) is 5.91 Å². The molecule has 1 saturated carbocycles. The molecular formula is C32H38N4O5. The third kappa shape index (κ3) is 7.76. The van der Waals surface area contributed by atoms with Crippen molar-refractivity contribution < 1.29 is 19.2 Å². The van der Waals surface area contributed by atoms with Crippen molar-refractivity contribution in [2.24, 2.45) is 0 Å². The van der Waals surface area contributed by atoms with Crippen LogP contribution in [-0.2, 0) is 16.1 Å². The lowest BCUT2D eigenvalue weighted by Crippen LogP contribution is -2.50. The molecule has 0 atom stereocenters. The van der Waals surface area contributed by atoms with Crippen LogP contribution in [0, 0.1) is 17.0 Å². The Morgan fingerprint density at radius 1 is 0.951 bits per heavy atom. The minimum atomic E-state index is -0.356. The molecule has 5 rings (SSSR count). The molecule has 1 saturated heterocycles. The number of benzene rings is 3. The van der Waals surface area contributed by atoms with Crippen LogP contribution in [0.3, 0.4) is 0 Å². The van der Waals surface area contributed by atoms with E-state index in [9.17, 15) is 14.9 Å². The van der Waals surface area contributed by atoms with Crippen molar-refractivity contribution in [2.75, 3.05) is 43.0 Å². The summed E-state index contributed by atoms with van der Waals surface area (Å²) in [6.45, 7) is 5.36. The van der Waals surface area contributed by atoms with Gasteiger partial charge in [-0.2, -0.15) is 0 Å². The Morgan fingerprint density at radius 2 is 1.66 bits per heavy atom. The summed E-state index contributed by atoms with van der Waals surface area (Å²) < 4.78 is 11.9. The first-order valence-corrected chi connectivity index (χ1v) is 14.4. The predicted molar refractivity (Wildman–Crippen MR) is 159 cm³/mol. The molecule has 2 fully saturated rings. The fourth-order valence-corrected chi connectivity index (χ4v) is 5.55. The van der Waals surface area contributed by atoms with Crippen molar-refractivity contribution in [1.82, 2.24) is 4.90 Å². The van der Waals surface area contributed by atoms with E-state index in [1.807, 2.05) is 41.3 Å². The molecular weight excluding hydrogens is 520 g/mol. The molecule has 9 heteroatoms. The van der Waals surface area contributed by atoms with Crippen LogP contribution in [0.5, 0.6) is 5.75 Å². The van der Waals surface area contributed by atoms with Gasteiger partial charge in [0, 0.05) is 55.2 Å². The number of hydrogen-bond donors (Lipinski definition) is 1.